The molecule has 13 heteroatoms. The van der Waals surface area contributed by atoms with E-state index in [4.69, 9.17) is 39.5 Å². The highest BCUT2D eigenvalue weighted by Crippen LogP contribution is 2.66. The molecule has 0 bridgehead atoms. The predicted octanol–water partition coefficient (Wildman–Crippen LogP) is 6.16. The number of imide groups is 2. The number of halogens is 4. The van der Waals surface area contributed by atoms with Crippen LogP contribution in [0, 0.1) is 23.6 Å². The minimum atomic E-state index is -2.19. The zero-order valence-electron chi connectivity index (χ0n) is 25.4. The number of ether oxygens (including phenoxy) is 1. The molecule has 7 rings (SSSR count). The summed E-state index contributed by atoms with van der Waals surface area (Å²) >= 11 is 21.2. The van der Waals surface area contributed by atoms with E-state index in [2.05, 4.69) is 0 Å². The molecule has 3 aromatic rings. The third kappa shape index (κ3) is 4.32. The first-order chi connectivity index (χ1) is 22.7. The molecule has 6 unspecified atom stereocenters. The molecule has 0 radical (unpaired) electrons. The molecular formula is C35H26Cl3FN2O7. The first-order valence-corrected chi connectivity index (χ1v) is 16.2. The van der Waals surface area contributed by atoms with Crippen LogP contribution in [0.1, 0.15) is 41.6 Å². The van der Waals surface area contributed by atoms with Crippen LogP contribution >= 0.6 is 34.8 Å². The largest absolute Gasteiger partial charge is 0.503 e. The fourth-order valence-corrected chi connectivity index (χ4v) is 8.94. The molecule has 2 aliphatic heterocycles. The van der Waals surface area contributed by atoms with Gasteiger partial charge in [-0.05, 0) is 91.9 Å². The third-order valence-corrected chi connectivity index (χ3v) is 11.7. The minimum absolute atomic E-state index is 0.0335. The number of Topliss-reactive ketones (excluding diaryl/α,β-unsaturated/α-hetero) is 1. The molecule has 1 saturated carbocycles. The standard InChI is InChI=1S/C35H26Cl3FN2O7/c1-16(42)17-3-7-20(8-4-17)40-30(44)23-12-11-22-24(27(23)31(40)45)15-34(37)32(46)41(21-9-5-19(39)6-10-21)33(47)35(34,38)28(22)18-13-25(36)29(43)26(14-18)48-2/h3-11,13-14,23-24,27-28,43H,12,15H2,1-2H3. The Bertz CT molecular complexity index is 1980. The fraction of sp³-hybridized carbons (Fsp3) is 0.286. The maximum atomic E-state index is 14.5. The number of phenolic OH excluding ortho intramolecular Hbond substituents is 1. The number of amides is 4. The average Bonchev–Trinajstić information content (AvgIpc) is 3.40. The Labute approximate surface area is 288 Å². The van der Waals surface area contributed by atoms with E-state index in [1.54, 1.807) is 6.08 Å². The van der Waals surface area contributed by atoms with Gasteiger partial charge in [0, 0.05) is 11.5 Å². The number of rotatable bonds is 5. The van der Waals surface area contributed by atoms with Gasteiger partial charge < -0.3 is 9.84 Å². The van der Waals surface area contributed by atoms with Gasteiger partial charge in [-0.15, -0.1) is 23.2 Å². The summed E-state index contributed by atoms with van der Waals surface area (Å²) in [6.45, 7) is 1.41. The number of fused-ring (bicyclic) bond motifs is 4. The summed E-state index contributed by atoms with van der Waals surface area (Å²) in [4.78, 5) is 66.4. The van der Waals surface area contributed by atoms with E-state index in [1.165, 1.54) is 62.6 Å². The van der Waals surface area contributed by atoms with Crippen molar-refractivity contribution in [2.45, 2.75) is 35.4 Å². The summed E-state index contributed by atoms with van der Waals surface area (Å²) in [5.74, 6) is -7.66. The van der Waals surface area contributed by atoms with E-state index in [0.29, 0.717) is 11.1 Å². The second kappa shape index (κ2) is 11.1. The van der Waals surface area contributed by atoms with Gasteiger partial charge in [0.2, 0.25) is 11.8 Å². The lowest BCUT2D eigenvalue weighted by atomic mass is 9.56. The van der Waals surface area contributed by atoms with Gasteiger partial charge in [0.05, 0.1) is 35.3 Å². The number of methoxy groups -OCH3 is 1. The van der Waals surface area contributed by atoms with Crippen LogP contribution in [0.5, 0.6) is 11.5 Å². The molecular weight excluding hydrogens is 686 g/mol. The van der Waals surface area contributed by atoms with Crippen molar-refractivity contribution >= 4 is 75.6 Å². The second-order valence-electron chi connectivity index (χ2n) is 12.4. The van der Waals surface area contributed by atoms with Crippen molar-refractivity contribution in [3.63, 3.8) is 0 Å². The van der Waals surface area contributed by atoms with E-state index < -0.39 is 62.9 Å². The number of hydrogen-bond donors (Lipinski definition) is 1. The van der Waals surface area contributed by atoms with Crippen LogP contribution in [0.15, 0.2) is 72.3 Å². The van der Waals surface area contributed by atoms with E-state index >= 15 is 0 Å². The van der Waals surface area contributed by atoms with E-state index in [0.717, 1.165) is 21.9 Å². The molecule has 2 aliphatic carbocycles. The molecule has 3 aromatic carbocycles. The van der Waals surface area contributed by atoms with E-state index in [9.17, 15) is 33.5 Å². The van der Waals surface area contributed by atoms with Crippen molar-refractivity contribution in [3.8, 4) is 11.5 Å². The van der Waals surface area contributed by atoms with Gasteiger partial charge in [-0.25, -0.2) is 9.29 Å². The van der Waals surface area contributed by atoms with Gasteiger partial charge in [-0.3, -0.25) is 28.9 Å². The Balaban J connectivity index is 1.39. The quantitative estimate of drug-likeness (QED) is 0.146. The van der Waals surface area contributed by atoms with Crippen LogP contribution in [0.2, 0.25) is 5.02 Å². The van der Waals surface area contributed by atoms with Crippen LogP contribution < -0.4 is 14.5 Å². The van der Waals surface area contributed by atoms with Gasteiger partial charge in [0.15, 0.2) is 27.0 Å². The maximum Gasteiger partial charge on any atom is 0.258 e. The fourth-order valence-electron chi connectivity index (χ4n) is 7.79. The van der Waals surface area contributed by atoms with Crippen LogP contribution in [0.4, 0.5) is 15.8 Å². The molecule has 4 amide bonds. The summed E-state index contributed by atoms with van der Waals surface area (Å²) in [6, 6.07) is 13.7. The topological polar surface area (TPSA) is 121 Å². The Kier molecular flexibility index (Phi) is 7.50. The van der Waals surface area contributed by atoms with E-state index in [-0.39, 0.29) is 52.1 Å². The van der Waals surface area contributed by atoms with Crippen molar-refractivity contribution in [1.82, 2.24) is 0 Å². The first kappa shape index (κ1) is 32.3. The maximum absolute atomic E-state index is 14.5. The predicted molar refractivity (Wildman–Crippen MR) is 175 cm³/mol. The molecule has 4 aliphatic rings. The van der Waals surface area contributed by atoms with Crippen LogP contribution in [-0.4, -0.2) is 51.4 Å². The van der Waals surface area contributed by atoms with Crippen molar-refractivity contribution in [1.29, 1.82) is 0 Å². The number of benzene rings is 3. The van der Waals surface area contributed by atoms with Crippen LogP contribution in [-0.2, 0) is 19.2 Å². The summed E-state index contributed by atoms with van der Waals surface area (Å²) in [6.07, 6.45) is 1.60. The third-order valence-electron chi connectivity index (χ3n) is 10.0. The zero-order valence-corrected chi connectivity index (χ0v) is 27.6. The number of hydrogen-bond acceptors (Lipinski definition) is 7. The molecule has 6 atom stereocenters. The molecule has 2 saturated heterocycles. The molecule has 1 N–H and O–H groups in total. The number of anilines is 2. The van der Waals surface area contributed by atoms with Crippen molar-refractivity contribution in [2.75, 3.05) is 16.9 Å². The lowest BCUT2D eigenvalue weighted by molar-refractivity contribution is -0.125. The number of allylic oxidation sites excluding steroid dienone is 2. The number of ketones is 1. The highest BCUT2D eigenvalue weighted by Gasteiger charge is 2.76. The van der Waals surface area contributed by atoms with Crippen LogP contribution in [0.25, 0.3) is 0 Å². The van der Waals surface area contributed by atoms with Gasteiger partial charge in [0.25, 0.3) is 11.8 Å². The van der Waals surface area contributed by atoms with Crippen LogP contribution in [0.3, 0.4) is 0 Å². The second-order valence-corrected chi connectivity index (χ2v) is 14.1. The summed E-state index contributed by atoms with van der Waals surface area (Å²) in [5.41, 5.74) is 1.52. The average molecular weight is 712 g/mol. The number of alkyl halides is 2. The first-order valence-electron chi connectivity index (χ1n) is 15.0. The van der Waals surface area contributed by atoms with Crippen molar-refractivity contribution < 1.29 is 38.2 Å². The van der Waals surface area contributed by atoms with Gasteiger partial charge in [-0.2, -0.15) is 0 Å². The Morgan fingerprint density at radius 3 is 2.17 bits per heavy atom. The smallest absolute Gasteiger partial charge is 0.258 e. The molecule has 48 heavy (non-hydrogen) atoms. The van der Waals surface area contributed by atoms with Crippen molar-refractivity contribution in [3.05, 3.63) is 94.3 Å². The van der Waals surface area contributed by atoms with E-state index in [1.807, 2.05) is 0 Å². The lowest BCUT2D eigenvalue weighted by Gasteiger charge is -2.50. The number of carbonyl (C=O) groups is 5. The lowest BCUT2D eigenvalue weighted by Crippen LogP contribution is -2.60. The summed E-state index contributed by atoms with van der Waals surface area (Å²) < 4.78 is 19.2. The number of phenols is 1. The van der Waals surface area contributed by atoms with Crippen molar-refractivity contribution in [2.24, 2.45) is 17.8 Å². The highest BCUT2D eigenvalue weighted by atomic mass is 35.5. The number of aromatic hydroxyl groups is 1. The monoisotopic (exact) mass is 710 g/mol. The minimum Gasteiger partial charge on any atom is -0.503 e. The van der Waals surface area contributed by atoms with Gasteiger partial charge in [0.1, 0.15) is 5.82 Å². The summed E-state index contributed by atoms with van der Waals surface area (Å²) in [7, 11) is 1.31. The molecule has 0 spiro atoms. The Hall–Kier alpha value is -4.25. The van der Waals surface area contributed by atoms with Gasteiger partial charge in [-0.1, -0.05) is 23.3 Å². The number of carbonyl (C=O) groups excluding carboxylic acids is 5. The highest BCUT2D eigenvalue weighted by molar-refractivity contribution is 6.58. The molecule has 9 nitrogen and oxygen atoms in total. The summed E-state index contributed by atoms with van der Waals surface area (Å²) in [5, 5.41) is 10.4. The molecule has 3 fully saturated rings. The SMILES string of the molecule is COc1cc(C2C3=CCC4C(=O)N(c5ccc(C(C)=O)cc5)C(=O)C4C3CC3(Cl)C(=O)N(c4ccc(F)cc4)C(=O)C23Cl)cc(Cl)c1O. The Morgan fingerprint density at radius 2 is 1.54 bits per heavy atom. The Morgan fingerprint density at radius 1 is 0.917 bits per heavy atom. The molecule has 2 heterocycles. The number of nitrogens with zero attached hydrogens (tertiary/aromatic N) is 2. The van der Waals surface area contributed by atoms with Gasteiger partial charge >= 0.3 is 0 Å². The normalized spacial score (nSPS) is 29.4. The molecule has 246 valence electrons. The zero-order chi connectivity index (χ0) is 34.4. The molecule has 0 aromatic heterocycles.